The highest BCUT2D eigenvalue weighted by molar-refractivity contribution is 6.09. The van der Waals surface area contributed by atoms with E-state index in [0.717, 1.165) is 56.4 Å². The molecule has 0 radical (unpaired) electrons. The van der Waals surface area contributed by atoms with Crippen molar-refractivity contribution >= 4 is 23.4 Å². The number of hydrogen-bond acceptors (Lipinski definition) is 5. The molecule has 2 amide bonds. The maximum atomic E-state index is 13.1. The van der Waals surface area contributed by atoms with Crippen molar-refractivity contribution in [2.75, 3.05) is 25.0 Å². The highest BCUT2D eigenvalue weighted by atomic mass is 16.5. The number of aliphatic imine (C=N–C) groups is 1. The van der Waals surface area contributed by atoms with Gasteiger partial charge in [-0.05, 0) is 62.3 Å². The second-order valence-corrected chi connectivity index (χ2v) is 8.89. The first kappa shape index (κ1) is 24.2. The fourth-order valence-electron chi connectivity index (χ4n) is 4.62. The van der Waals surface area contributed by atoms with Crippen LogP contribution in [0.3, 0.4) is 0 Å². The van der Waals surface area contributed by atoms with Crippen LogP contribution in [0.5, 0.6) is 0 Å². The van der Waals surface area contributed by atoms with Gasteiger partial charge in [-0.3, -0.25) is 4.79 Å². The average Bonchev–Trinajstić information content (AvgIpc) is 2.83. The second-order valence-electron chi connectivity index (χ2n) is 8.89. The van der Waals surface area contributed by atoms with E-state index in [2.05, 4.69) is 15.6 Å². The first-order chi connectivity index (χ1) is 15.6. The summed E-state index contributed by atoms with van der Waals surface area (Å²) in [4.78, 5) is 29.4. The summed E-state index contributed by atoms with van der Waals surface area (Å²) >= 11 is 0. The number of carbonyl (C=O) groups excluding carboxylic acids is 2. The lowest BCUT2D eigenvalue weighted by Crippen LogP contribution is -2.45. The SMILES string of the molecule is CCC1=NC(=O)NC(c2ccc(NCCCCCN)cc2)C1C(=O)OCC1CCCCC1. The number of nitrogens with zero attached hydrogens (tertiary/aromatic N) is 1. The van der Waals surface area contributed by atoms with Crippen LogP contribution in [0.2, 0.25) is 0 Å². The molecule has 1 aliphatic carbocycles. The van der Waals surface area contributed by atoms with Crippen molar-refractivity contribution in [1.82, 2.24) is 5.32 Å². The number of unbranched alkanes of at least 4 members (excludes halogenated alkanes) is 2. The Bertz CT molecular complexity index is 772. The van der Waals surface area contributed by atoms with Crippen molar-refractivity contribution in [3.8, 4) is 0 Å². The van der Waals surface area contributed by atoms with Crippen molar-refractivity contribution in [1.29, 1.82) is 0 Å². The number of hydrogen-bond donors (Lipinski definition) is 3. The third kappa shape index (κ3) is 6.79. The van der Waals surface area contributed by atoms with Crippen LogP contribution in [0.4, 0.5) is 10.5 Å². The predicted octanol–water partition coefficient (Wildman–Crippen LogP) is 4.58. The molecule has 1 saturated carbocycles. The Kier molecular flexibility index (Phi) is 9.53. The summed E-state index contributed by atoms with van der Waals surface area (Å²) in [6.45, 7) is 4.00. The molecule has 7 heteroatoms. The number of carbonyl (C=O) groups is 2. The summed E-state index contributed by atoms with van der Waals surface area (Å²) in [6.07, 6.45) is 9.69. The molecule has 1 heterocycles. The molecule has 0 spiro atoms. The maximum absolute atomic E-state index is 13.1. The minimum absolute atomic E-state index is 0.289. The van der Waals surface area contributed by atoms with Crippen molar-refractivity contribution in [3.05, 3.63) is 29.8 Å². The summed E-state index contributed by atoms with van der Waals surface area (Å²) in [5.74, 6) is -0.429. The van der Waals surface area contributed by atoms with Gasteiger partial charge in [0.15, 0.2) is 0 Å². The first-order valence-electron chi connectivity index (χ1n) is 12.2. The molecule has 1 aliphatic heterocycles. The molecule has 32 heavy (non-hydrogen) atoms. The van der Waals surface area contributed by atoms with E-state index in [-0.39, 0.29) is 5.97 Å². The molecule has 4 N–H and O–H groups in total. The van der Waals surface area contributed by atoms with E-state index in [1.807, 2.05) is 31.2 Å². The number of urea groups is 1. The number of benzene rings is 1. The predicted molar refractivity (Wildman–Crippen MR) is 128 cm³/mol. The summed E-state index contributed by atoms with van der Waals surface area (Å²) in [5, 5.41) is 6.30. The Labute approximate surface area is 191 Å². The fraction of sp³-hybridized carbons (Fsp3) is 0.640. The quantitative estimate of drug-likeness (QED) is 0.343. The van der Waals surface area contributed by atoms with Gasteiger partial charge in [-0.25, -0.2) is 9.79 Å². The molecule has 2 unspecified atom stereocenters. The van der Waals surface area contributed by atoms with Crippen LogP contribution in [0.15, 0.2) is 29.3 Å². The van der Waals surface area contributed by atoms with Crippen molar-refractivity contribution in [2.24, 2.45) is 22.6 Å². The average molecular weight is 443 g/mol. The van der Waals surface area contributed by atoms with E-state index in [4.69, 9.17) is 10.5 Å². The molecule has 1 aromatic rings. The van der Waals surface area contributed by atoms with Gasteiger partial charge in [0.25, 0.3) is 0 Å². The van der Waals surface area contributed by atoms with Gasteiger partial charge in [-0.15, -0.1) is 0 Å². The zero-order valence-electron chi connectivity index (χ0n) is 19.3. The maximum Gasteiger partial charge on any atom is 0.341 e. The Morgan fingerprint density at radius 2 is 1.91 bits per heavy atom. The summed E-state index contributed by atoms with van der Waals surface area (Å²) in [5.41, 5.74) is 8.03. The van der Waals surface area contributed by atoms with Gasteiger partial charge >= 0.3 is 12.0 Å². The van der Waals surface area contributed by atoms with Crippen LogP contribution in [0.25, 0.3) is 0 Å². The van der Waals surface area contributed by atoms with E-state index in [1.54, 1.807) is 0 Å². The number of nitrogens with two attached hydrogens (primary N) is 1. The number of ether oxygens (including phenoxy) is 1. The molecular formula is C25H38N4O3. The van der Waals surface area contributed by atoms with Gasteiger partial charge in [0.1, 0.15) is 5.92 Å². The van der Waals surface area contributed by atoms with Crippen LogP contribution < -0.4 is 16.4 Å². The lowest BCUT2D eigenvalue weighted by Gasteiger charge is -2.31. The van der Waals surface area contributed by atoms with Crippen LogP contribution in [-0.4, -0.2) is 37.4 Å². The van der Waals surface area contributed by atoms with Gasteiger partial charge in [0.2, 0.25) is 0 Å². The molecule has 0 aromatic heterocycles. The van der Waals surface area contributed by atoms with Crippen LogP contribution >= 0.6 is 0 Å². The van der Waals surface area contributed by atoms with Crippen molar-refractivity contribution < 1.29 is 14.3 Å². The Morgan fingerprint density at radius 1 is 1.16 bits per heavy atom. The lowest BCUT2D eigenvalue weighted by atomic mass is 9.86. The minimum Gasteiger partial charge on any atom is -0.465 e. The van der Waals surface area contributed by atoms with E-state index in [0.29, 0.717) is 24.7 Å². The number of esters is 1. The standard InChI is InChI=1S/C25H38N4O3/c1-2-21-22(24(30)32-17-18-9-5-3-6-10-18)23(29-25(31)28-21)19-11-13-20(14-12-19)27-16-8-4-7-15-26/h11-14,18,22-23,27H,2-10,15-17,26H2,1H3,(H,29,31). The van der Waals surface area contributed by atoms with E-state index in [9.17, 15) is 9.59 Å². The summed E-state index contributed by atoms with van der Waals surface area (Å²) in [6, 6.07) is 7.05. The number of nitrogens with one attached hydrogen (secondary N) is 2. The number of rotatable bonds is 11. The largest absolute Gasteiger partial charge is 0.465 e. The number of amides is 2. The molecule has 0 saturated heterocycles. The molecule has 7 nitrogen and oxygen atoms in total. The molecular weight excluding hydrogens is 404 g/mol. The van der Waals surface area contributed by atoms with Crippen LogP contribution in [0, 0.1) is 11.8 Å². The Morgan fingerprint density at radius 3 is 2.59 bits per heavy atom. The summed E-state index contributed by atoms with van der Waals surface area (Å²) < 4.78 is 5.76. The van der Waals surface area contributed by atoms with E-state index < -0.39 is 18.0 Å². The first-order valence-corrected chi connectivity index (χ1v) is 12.2. The Balaban J connectivity index is 1.66. The van der Waals surface area contributed by atoms with Crippen LogP contribution in [0.1, 0.15) is 76.3 Å². The minimum atomic E-state index is -0.587. The molecule has 2 aliphatic rings. The van der Waals surface area contributed by atoms with Crippen molar-refractivity contribution in [3.63, 3.8) is 0 Å². The third-order valence-corrected chi connectivity index (χ3v) is 6.50. The van der Waals surface area contributed by atoms with Gasteiger partial charge in [-0.2, -0.15) is 0 Å². The van der Waals surface area contributed by atoms with Gasteiger partial charge in [0.05, 0.1) is 12.6 Å². The molecule has 1 aromatic carbocycles. The zero-order valence-corrected chi connectivity index (χ0v) is 19.3. The number of anilines is 1. The summed E-state index contributed by atoms with van der Waals surface area (Å²) in [7, 11) is 0. The van der Waals surface area contributed by atoms with Gasteiger partial charge < -0.3 is 21.1 Å². The highest BCUT2D eigenvalue weighted by Crippen LogP contribution is 2.31. The zero-order chi connectivity index (χ0) is 22.8. The monoisotopic (exact) mass is 442 g/mol. The molecule has 0 bridgehead atoms. The van der Waals surface area contributed by atoms with Crippen LogP contribution in [-0.2, 0) is 9.53 Å². The third-order valence-electron chi connectivity index (χ3n) is 6.50. The topological polar surface area (TPSA) is 106 Å². The molecule has 3 rings (SSSR count). The van der Waals surface area contributed by atoms with E-state index in [1.165, 1.54) is 19.3 Å². The van der Waals surface area contributed by atoms with Gasteiger partial charge in [0, 0.05) is 17.9 Å². The molecule has 176 valence electrons. The smallest absolute Gasteiger partial charge is 0.341 e. The molecule has 1 fully saturated rings. The normalized spacial score (nSPS) is 21.6. The fourth-order valence-corrected chi connectivity index (χ4v) is 4.62. The second kappa shape index (κ2) is 12.6. The van der Waals surface area contributed by atoms with Crippen molar-refractivity contribution in [2.45, 2.75) is 70.8 Å². The Hall–Kier alpha value is -2.41. The lowest BCUT2D eigenvalue weighted by molar-refractivity contribution is -0.148. The van der Waals surface area contributed by atoms with E-state index >= 15 is 0 Å². The van der Waals surface area contributed by atoms with Gasteiger partial charge in [-0.1, -0.05) is 44.7 Å². The molecule has 2 atom stereocenters. The highest BCUT2D eigenvalue weighted by Gasteiger charge is 2.39.